The third-order valence-electron chi connectivity index (χ3n) is 3.46. The zero-order valence-electron chi connectivity index (χ0n) is 10.4. The summed E-state index contributed by atoms with van der Waals surface area (Å²) in [6.07, 6.45) is 0.0355. The maximum Gasteiger partial charge on any atom is 0.108 e. The van der Waals surface area contributed by atoms with E-state index in [1.165, 1.54) is 22.3 Å². The second-order valence-electron chi connectivity index (χ2n) is 4.79. The molecule has 0 amide bonds. The first-order valence-corrected chi connectivity index (χ1v) is 6.18. The highest BCUT2D eigenvalue weighted by Gasteiger charge is 2.24. The summed E-state index contributed by atoms with van der Waals surface area (Å²) in [5.74, 6) is 0. The van der Waals surface area contributed by atoms with Crippen LogP contribution in [0.1, 0.15) is 33.9 Å². The molecule has 0 saturated carbocycles. The van der Waals surface area contributed by atoms with Crippen LogP contribution in [0.3, 0.4) is 0 Å². The molecule has 1 aliphatic heterocycles. The van der Waals surface area contributed by atoms with Crippen LogP contribution >= 0.6 is 0 Å². The maximum absolute atomic E-state index is 9.14. The number of hydrogen-bond donors (Lipinski definition) is 1. The highest BCUT2D eigenvalue weighted by atomic mass is 16.5. The molecule has 1 heterocycles. The van der Waals surface area contributed by atoms with Crippen LogP contribution in [-0.4, -0.2) is 5.11 Å². The van der Waals surface area contributed by atoms with Crippen molar-refractivity contribution < 1.29 is 9.84 Å². The fourth-order valence-corrected chi connectivity index (χ4v) is 2.42. The molecule has 2 aromatic rings. The number of aliphatic hydroxyl groups is 1. The Balaban J connectivity index is 1.97. The van der Waals surface area contributed by atoms with E-state index >= 15 is 0 Å². The molecular weight excluding hydrogens is 224 g/mol. The van der Waals surface area contributed by atoms with E-state index in [2.05, 4.69) is 37.3 Å². The lowest BCUT2D eigenvalue weighted by atomic mass is 9.97. The Hall–Kier alpha value is -1.64. The molecule has 0 radical (unpaired) electrons. The van der Waals surface area contributed by atoms with Gasteiger partial charge in [-0.25, -0.2) is 0 Å². The van der Waals surface area contributed by atoms with Crippen LogP contribution < -0.4 is 0 Å². The average Bonchev–Trinajstić information content (AvgIpc) is 2.82. The second kappa shape index (κ2) is 4.56. The Morgan fingerprint density at radius 2 is 1.94 bits per heavy atom. The summed E-state index contributed by atoms with van der Waals surface area (Å²) in [6.45, 7) is 2.80. The lowest BCUT2D eigenvalue weighted by molar-refractivity contribution is 0.0939. The molecule has 0 aromatic heterocycles. The van der Waals surface area contributed by atoms with Crippen LogP contribution in [0.4, 0.5) is 0 Å². The minimum absolute atomic E-state index is 0.0355. The van der Waals surface area contributed by atoms with Gasteiger partial charge in [-0.05, 0) is 29.2 Å². The van der Waals surface area contributed by atoms with Crippen molar-refractivity contribution in [2.24, 2.45) is 0 Å². The summed E-state index contributed by atoms with van der Waals surface area (Å²) in [5.41, 5.74) is 5.80. The fraction of sp³-hybridized carbons (Fsp3) is 0.250. The van der Waals surface area contributed by atoms with Crippen molar-refractivity contribution in [2.45, 2.75) is 26.2 Å². The van der Waals surface area contributed by atoms with Crippen LogP contribution in [0.2, 0.25) is 0 Å². The molecule has 2 aromatic carbocycles. The Morgan fingerprint density at radius 3 is 2.67 bits per heavy atom. The van der Waals surface area contributed by atoms with Crippen molar-refractivity contribution in [3.05, 3.63) is 70.3 Å². The lowest BCUT2D eigenvalue weighted by Gasteiger charge is -2.12. The SMILES string of the molecule is Cc1ccc(C2OCc3cc(CO)ccc32)cc1. The predicted octanol–water partition coefficient (Wildman–Crippen LogP) is 3.11. The van der Waals surface area contributed by atoms with Crippen molar-refractivity contribution in [1.29, 1.82) is 0 Å². The van der Waals surface area contributed by atoms with Crippen LogP contribution in [0, 0.1) is 6.92 Å². The first kappa shape index (κ1) is 11.5. The van der Waals surface area contributed by atoms with Gasteiger partial charge >= 0.3 is 0 Å². The van der Waals surface area contributed by atoms with Crippen LogP contribution in [0.15, 0.2) is 42.5 Å². The van der Waals surface area contributed by atoms with Crippen molar-refractivity contribution in [2.75, 3.05) is 0 Å². The van der Waals surface area contributed by atoms with Gasteiger partial charge in [-0.15, -0.1) is 0 Å². The normalized spacial score (nSPS) is 17.8. The van der Waals surface area contributed by atoms with Gasteiger partial charge in [-0.1, -0.05) is 48.0 Å². The van der Waals surface area contributed by atoms with E-state index in [0.29, 0.717) is 6.61 Å². The Bertz CT molecular complexity index is 558. The second-order valence-corrected chi connectivity index (χ2v) is 4.79. The number of rotatable bonds is 2. The smallest absolute Gasteiger partial charge is 0.108 e. The summed E-state index contributed by atoms with van der Waals surface area (Å²) in [6, 6.07) is 14.5. The van der Waals surface area contributed by atoms with Gasteiger partial charge in [0.05, 0.1) is 13.2 Å². The quantitative estimate of drug-likeness (QED) is 0.874. The van der Waals surface area contributed by atoms with Gasteiger partial charge in [-0.3, -0.25) is 0 Å². The van der Waals surface area contributed by atoms with Gasteiger partial charge < -0.3 is 9.84 Å². The molecule has 1 atom stereocenters. The van der Waals surface area contributed by atoms with Gasteiger partial charge in [-0.2, -0.15) is 0 Å². The standard InChI is InChI=1S/C16H16O2/c1-11-2-5-13(6-3-11)16-15-7-4-12(9-17)8-14(15)10-18-16/h2-8,16-17H,9-10H2,1H3. The Labute approximate surface area is 107 Å². The summed E-state index contributed by atoms with van der Waals surface area (Å²) in [5, 5.41) is 9.14. The zero-order chi connectivity index (χ0) is 12.5. The monoisotopic (exact) mass is 240 g/mol. The van der Waals surface area contributed by atoms with Crippen molar-refractivity contribution in [3.8, 4) is 0 Å². The minimum Gasteiger partial charge on any atom is -0.392 e. The van der Waals surface area contributed by atoms with Crippen molar-refractivity contribution in [3.63, 3.8) is 0 Å². The third kappa shape index (κ3) is 1.94. The van der Waals surface area contributed by atoms with Gasteiger partial charge in [0.15, 0.2) is 0 Å². The number of hydrogen-bond acceptors (Lipinski definition) is 2. The number of benzene rings is 2. The van der Waals surface area contributed by atoms with E-state index in [4.69, 9.17) is 9.84 Å². The van der Waals surface area contributed by atoms with E-state index < -0.39 is 0 Å². The number of aryl methyl sites for hydroxylation is 1. The molecule has 1 N–H and O–H groups in total. The molecule has 0 saturated heterocycles. The molecule has 3 rings (SSSR count). The van der Waals surface area contributed by atoms with Crippen molar-refractivity contribution in [1.82, 2.24) is 0 Å². The Morgan fingerprint density at radius 1 is 1.17 bits per heavy atom. The number of ether oxygens (including phenoxy) is 1. The zero-order valence-corrected chi connectivity index (χ0v) is 10.4. The van der Waals surface area contributed by atoms with Gasteiger partial charge in [0.2, 0.25) is 0 Å². The summed E-state index contributed by atoms with van der Waals surface area (Å²) < 4.78 is 5.87. The van der Waals surface area contributed by atoms with Crippen LogP contribution in [0.5, 0.6) is 0 Å². The van der Waals surface area contributed by atoms with E-state index in [0.717, 1.165) is 5.56 Å². The van der Waals surface area contributed by atoms with E-state index in [-0.39, 0.29) is 12.7 Å². The summed E-state index contributed by atoms with van der Waals surface area (Å²) >= 11 is 0. The molecule has 2 heteroatoms. The van der Waals surface area contributed by atoms with E-state index in [9.17, 15) is 0 Å². The molecule has 0 fully saturated rings. The fourth-order valence-electron chi connectivity index (χ4n) is 2.42. The van der Waals surface area contributed by atoms with Crippen LogP contribution in [-0.2, 0) is 18.0 Å². The highest BCUT2D eigenvalue weighted by molar-refractivity contribution is 5.41. The lowest BCUT2D eigenvalue weighted by Crippen LogP contribution is -1.98. The van der Waals surface area contributed by atoms with E-state index in [1.807, 2.05) is 12.1 Å². The largest absolute Gasteiger partial charge is 0.392 e. The van der Waals surface area contributed by atoms with Crippen molar-refractivity contribution >= 4 is 0 Å². The van der Waals surface area contributed by atoms with Gasteiger partial charge in [0.1, 0.15) is 6.10 Å². The molecule has 0 aliphatic carbocycles. The van der Waals surface area contributed by atoms with Crippen LogP contribution in [0.25, 0.3) is 0 Å². The van der Waals surface area contributed by atoms with E-state index in [1.54, 1.807) is 0 Å². The number of aliphatic hydroxyl groups excluding tert-OH is 1. The molecule has 2 nitrogen and oxygen atoms in total. The molecule has 1 unspecified atom stereocenters. The maximum atomic E-state index is 9.14. The minimum atomic E-state index is 0.0355. The third-order valence-corrected chi connectivity index (χ3v) is 3.46. The molecule has 1 aliphatic rings. The molecule has 92 valence electrons. The first-order chi connectivity index (χ1) is 8.78. The molecular formula is C16H16O2. The molecule has 18 heavy (non-hydrogen) atoms. The Kier molecular flexibility index (Phi) is 2.90. The molecule has 0 spiro atoms. The summed E-state index contributed by atoms with van der Waals surface area (Å²) in [4.78, 5) is 0. The first-order valence-electron chi connectivity index (χ1n) is 6.18. The van der Waals surface area contributed by atoms with Gasteiger partial charge in [0.25, 0.3) is 0 Å². The molecule has 0 bridgehead atoms. The number of fused-ring (bicyclic) bond motifs is 1. The van der Waals surface area contributed by atoms with Gasteiger partial charge in [0, 0.05) is 0 Å². The highest BCUT2D eigenvalue weighted by Crippen LogP contribution is 2.36. The topological polar surface area (TPSA) is 29.5 Å². The summed E-state index contributed by atoms with van der Waals surface area (Å²) in [7, 11) is 0. The predicted molar refractivity (Wildman–Crippen MR) is 70.2 cm³/mol. The average molecular weight is 240 g/mol.